The van der Waals surface area contributed by atoms with Crippen molar-refractivity contribution >= 4 is 0 Å². The van der Waals surface area contributed by atoms with Crippen LogP contribution >= 0.6 is 0 Å². The second-order valence-electron chi connectivity index (χ2n) is 5.12. The number of hydrogen-bond donors (Lipinski definition) is 2. The van der Waals surface area contributed by atoms with Gasteiger partial charge in [-0.2, -0.15) is 0 Å². The van der Waals surface area contributed by atoms with Crippen molar-refractivity contribution in [3.63, 3.8) is 0 Å². The standard InChI is InChI=1S/C15H22O5/c1-10-13(16)14(17)12(20-15(10)18-2)9-19-8-11-6-4-3-5-7-11/h3-7,10,12-17H,8-9H2,1-2H3. The van der Waals surface area contributed by atoms with Crippen LogP contribution in [-0.2, 0) is 20.8 Å². The Morgan fingerprint density at radius 2 is 1.85 bits per heavy atom. The van der Waals surface area contributed by atoms with Gasteiger partial charge in [0.25, 0.3) is 0 Å². The quantitative estimate of drug-likeness (QED) is 0.841. The van der Waals surface area contributed by atoms with Gasteiger partial charge in [-0.1, -0.05) is 37.3 Å². The van der Waals surface area contributed by atoms with Crippen LogP contribution in [0.25, 0.3) is 0 Å². The summed E-state index contributed by atoms with van der Waals surface area (Å²) in [6.45, 7) is 2.43. The van der Waals surface area contributed by atoms with E-state index in [1.165, 1.54) is 7.11 Å². The van der Waals surface area contributed by atoms with E-state index < -0.39 is 24.6 Å². The summed E-state index contributed by atoms with van der Waals surface area (Å²) in [5.74, 6) is -0.277. The number of aliphatic hydroxyl groups is 2. The average molecular weight is 282 g/mol. The molecule has 5 unspecified atom stereocenters. The summed E-state index contributed by atoms with van der Waals surface area (Å²) in [6, 6.07) is 9.76. The van der Waals surface area contributed by atoms with Crippen molar-refractivity contribution in [2.75, 3.05) is 13.7 Å². The van der Waals surface area contributed by atoms with Gasteiger partial charge in [-0.25, -0.2) is 0 Å². The summed E-state index contributed by atoms with van der Waals surface area (Å²) in [5.41, 5.74) is 1.05. The fourth-order valence-electron chi connectivity index (χ4n) is 2.34. The summed E-state index contributed by atoms with van der Waals surface area (Å²) in [7, 11) is 1.52. The topological polar surface area (TPSA) is 68.2 Å². The van der Waals surface area contributed by atoms with Crippen molar-refractivity contribution in [1.29, 1.82) is 0 Å². The highest BCUT2D eigenvalue weighted by molar-refractivity contribution is 5.13. The maximum absolute atomic E-state index is 10.0. The Bertz CT molecular complexity index is 395. The van der Waals surface area contributed by atoms with Gasteiger partial charge in [-0.15, -0.1) is 0 Å². The Morgan fingerprint density at radius 3 is 2.50 bits per heavy atom. The zero-order valence-corrected chi connectivity index (χ0v) is 11.8. The van der Waals surface area contributed by atoms with E-state index in [1.807, 2.05) is 30.3 Å². The van der Waals surface area contributed by atoms with Gasteiger partial charge < -0.3 is 24.4 Å². The Labute approximate surface area is 119 Å². The number of rotatable bonds is 5. The summed E-state index contributed by atoms with van der Waals surface area (Å²) < 4.78 is 16.3. The molecule has 1 aliphatic rings. The molecule has 2 rings (SSSR count). The minimum absolute atomic E-state index is 0.208. The molecule has 1 heterocycles. The van der Waals surface area contributed by atoms with E-state index in [-0.39, 0.29) is 12.5 Å². The van der Waals surface area contributed by atoms with Gasteiger partial charge in [-0.05, 0) is 5.56 Å². The normalized spacial score (nSPS) is 34.1. The Morgan fingerprint density at radius 1 is 1.15 bits per heavy atom. The van der Waals surface area contributed by atoms with E-state index >= 15 is 0 Å². The van der Waals surface area contributed by atoms with E-state index in [9.17, 15) is 10.2 Å². The first-order chi connectivity index (χ1) is 9.63. The van der Waals surface area contributed by atoms with Crippen molar-refractivity contribution in [2.24, 2.45) is 5.92 Å². The third kappa shape index (κ3) is 3.56. The molecule has 0 aliphatic carbocycles. The fraction of sp³-hybridized carbons (Fsp3) is 0.600. The lowest BCUT2D eigenvalue weighted by atomic mass is 9.92. The van der Waals surface area contributed by atoms with Crippen LogP contribution in [0.4, 0.5) is 0 Å². The predicted molar refractivity (Wildman–Crippen MR) is 72.9 cm³/mol. The van der Waals surface area contributed by atoms with Gasteiger partial charge in [0.05, 0.1) is 19.3 Å². The predicted octanol–water partition coefficient (Wildman–Crippen LogP) is 0.932. The lowest BCUT2D eigenvalue weighted by molar-refractivity contribution is -0.277. The lowest BCUT2D eigenvalue weighted by Gasteiger charge is -2.40. The average Bonchev–Trinajstić information content (AvgIpc) is 2.48. The van der Waals surface area contributed by atoms with E-state index in [1.54, 1.807) is 6.92 Å². The molecular weight excluding hydrogens is 260 g/mol. The third-order valence-corrected chi connectivity index (χ3v) is 3.63. The van der Waals surface area contributed by atoms with Gasteiger partial charge in [0.2, 0.25) is 0 Å². The van der Waals surface area contributed by atoms with Crippen LogP contribution in [0.1, 0.15) is 12.5 Å². The highest BCUT2D eigenvalue weighted by Crippen LogP contribution is 2.26. The van der Waals surface area contributed by atoms with Crippen molar-refractivity contribution in [3.05, 3.63) is 35.9 Å². The molecule has 2 N–H and O–H groups in total. The zero-order chi connectivity index (χ0) is 14.5. The van der Waals surface area contributed by atoms with Crippen LogP contribution in [0, 0.1) is 5.92 Å². The maximum atomic E-state index is 10.0. The molecule has 0 bridgehead atoms. The van der Waals surface area contributed by atoms with Crippen molar-refractivity contribution < 1.29 is 24.4 Å². The summed E-state index contributed by atoms with van der Waals surface area (Å²) in [4.78, 5) is 0. The molecule has 112 valence electrons. The van der Waals surface area contributed by atoms with E-state index in [4.69, 9.17) is 14.2 Å². The van der Waals surface area contributed by atoms with Gasteiger partial charge >= 0.3 is 0 Å². The number of ether oxygens (including phenoxy) is 3. The van der Waals surface area contributed by atoms with Crippen LogP contribution in [0.15, 0.2) is 30.3 Å². The molecule has 0 aromatic heterocycles. The molecule has 0 radical (unpaired) electrons. The number of aliphatic hydroxyl groups excluding tert-OH is 2. The largest absolute Gasteiger partial charge is 0.390 e. The Kier molecular flexibility index (Phi) is 5.51. The minimum atomic E-state index is -0.966. The first-order valence-electron chi connectivity index (χ1n) is 6.79. The maximum Gasteiger partial charge on any atom is 0.162 e. The summed E-state index contributed by atoms with van der Waals surface area (Å²) >= 11 is 0. The smallest absolute Gasteiger partial charge is 0.162 e. The highest BCUT2D eigenvalue weighted by Gasteiger charge is 2.42. The molecule has 0 amide bonds. The van der Waals surface area contributed by atoms with Gasteiger partial charge in [0, 0.05) is 13.0 Å². The number of methoxy groups -OCH3 is 1. The monoisotopic (exact) mass is 282 g/mol. The van der Waals surface area contributed by atoms with E-state index in [0.29, 0.717) is 6.61 Å². The molecule has 20 heavy (non-hydrogen) atoms. The number of benzene rings is 1. The van der Waals surface area contributed by atoms with Crippen molar-refractivity contribution in [2.45, 2.75) is 38.1 Å². The molecule has 1 fully saturated rings. The van der Waals surface area contributed by atoms with Gasteiger partial charge in [0.15, 0.2) is 6.29 Å². The Balaban J connectivity index is 1.85. The molecule has 5 nitrogen and oxygen atoms in total. The molecule has 5 heteroatoms. The molecule has 0 spiro atoms. The van der Waals surface area contributed by atoms with Crippen LogP contribution in [0.2, 0.25) is 0 Å². The first-order valence-corrected chi connectivity index (χ1v) is 6.79. The number of hydrogen-bond acceptors (Lipinski definition) is 5. The first kappa shape index (κ1) is 15.4. The van der Waals surface area contributed by atoms with Crippen LogP contribution in [-0.4, -0.2) is 48.5 Å². The molecule has 1 saturated heterocycles. The second-order valence-corrected chi connectivity index (χ2v) is 5.12. The van der Waals surface area contributed by atoms with E-state index in [2.05, 4.69) is 0 Å². The van der Waals surface area contributed by atoms with Crippen LogP contribution < -0.4 is 0 Å². The molecular formula is C15H22O5. The summed E-state index contributed by atoms with van der Waals surface area (Å²) in [6.07, 6.45) is -2.96. The zero-order valence-electron chi connectivity index (χ0n) is 11.8. The van der Waals surface area contributed by atoms with E-state index in [0.717, 1.165) is 5.56 Å². The molecule has 1 aromatic carbocycles. The fourth-order valence-corrected chi connectivity index (χ4v) is 2.34. The SMILES string of the molecule is COC1OC(COCc2ccccc2)C(O)C(O)C1C. The molecule has 0 saturated carbocycles. The van der Waals surface area contributed by atoms with Gasteiger partial charge in [0.1, 0.15) is 12.2 Å². The van der Waals surface area contributed by atoms with Crippen LogP contribution in [0.5, 0.6) is 0 Å². The summed E-state index contributed by atoms with van der Waals surface area (Å²) in [5, 5.41) is 20.0. The van der Waals surface area contributed by atoms with Gasteiger partial charge in [-0.3, -0.25) is 0 Å². The minimum Gasteiger partial charge on any atom is -0.390 e. The highest BCUT2D eigenvalue weighted by atomic mass is 16.7. The molecule has 1 aromatic rings. The molecule has 1 aliphatic heterocycles. The second kappa shape index (κ2) is 7.15. The lowest BCUT2D eigenvalue weighted by Crippen LogP contribution is -2.55. The Hall–Kier alpha value is -0.980. The third-order valence-electron chi connectivity index (χ3n) is 3.63. The van der Waals surface area contributed by atoms with Crippen LogP contribution in [0.3, 0.4) is 0 Å². The molecule has 5 atom stereocenters. The van der Waals surface area contributed by atoms with Crippen molar-refractivity contribution in [1.82, 2.24) is 0 Å². The van der Waals surface area contributed by atoms with Crippen molar-refractivity contribution in [3.8, 4) is 0 Å².